The van der Waals surface area contributed by atoms with Crippen molar-refractivity contribution >= 4 is 46.1 Å². The van der Waals surface area contributed by atoms with E-state index in [2.05, 4.69) is 4.98 Å². The number of halogens is 3. The summed E-state index contributed by atoms with van der Waals surface area (Å²) >= 11 is 18.3. The average molecular weight is 425 g/mol. The van der Waals surface area contributed by atoms with Crippen molar-refractivity contribution in [1.82, 2.24) is 9.55 Å². The van der Waals surface area contributed by atoms with Gasteiger partial charge in [0, 0.05) is 44.2 Å². The lowest BCUT2D eigenvalue weighted by Gasteiger charge is -2.16. The molecule has 0 aliphatic heterocycles. The van der Waals surface area contributed by atoms with Gasteiger partial charge in [-0.1, -0.05) is 53.0 Å². The maximum absolute atomic E-state index is 11.2. The maximum atomic E-state index is 11.2. The van der Waals surface area contributed by atoms with Gasteiger partial charge in [-0.3, -0.25) is 4.84 Å². The monoisotopic (exact) mass is 423 g/mol. The fraction of sp³-hybridized carbons (Fsp3) is 0.0556. The second-order valence-electron chi connectivity index (χ2n) is 5.49. The van der Waals surface area contributed by atoms with E-state index in [0.717, 1.165) is 0 Å². The van der Waals surface area contributed by atoms with Crippen molar-refractivity contribution in [3.8, 4) is 0 Å². The smallest absolute Gasteiger partial charge is 0.299 e. The lowest BCUT2D eigenvalue weighted by molar-refractivity contribution is -0.730. The minimum atomic E-state index is -0.859. The molecular weight excluding hydrogens is 413 g/mol. The predicted octanol–water partition coefficient (Wildman–Crippen LogP) is 5.62. The van der Waals surface area contributed by atoms with Gasteiger partial charge in [-0.15, -0.1) is 10.1 Å². The number of hydrogen-bond donors (Lipinski definition) is 0. The van der Waals surface area contributed by atoms with Crippen LogP contribution in [0.15, 0.2) is 61.2 Å². The standard InChI is InChI=1S/C18H12Cl3N3O3/c19-13-3-1-12(2-4-13)18(27-24(25)26)16(10-23-8-7-22-11-23)15-6-5-14(20)9-17(15)21/h1-9,11H,10H2/b18-16+. The summed E-state index contributed by atoms with van der Waals surface area (Å²) in [4.78, 5) is 20.1. The first kappa shape index (κ1) is 19.2. The molecule has 0 saturated carbocycles. The van der Waals surface area contributed by atoms with Crippen LogP contribution in [0.5, 0.6) is 0 Å². The molecule has 1 heterocycles. The third-order valence-electron chi connectivity index (χ3n) is 3.70. The summed E-state index contributed by atoms with van der Waals surface area (Å²) in [6.45, 7) is 0.243. The quantitative estimate of drug-likeness (QED) is 0.223. The first-order chi connectivity index (χ1) is 12.9. The Morgan fingerprint density at radius 2 is 1.81 bits per heavy atom. The molecule has 3 rings (SSSR count). The van der Waals surface area contributed by atoms with Crippen molar-refractivity contribution in [2.24, 2.45) is 0 Å². The summed E-state index contributed by atoms with van der Waals surface area (Å²) in [6.07, 6.45) is 4.93. The highest BCUT2D eigenvalue weighted by atomic mass is 35.5. The molecule has 6 nitrogen and oxygen atoms in total. The van der Waals surface area contributed by atoms with Gasteiger partial charge >= 0.3 is 0 Å². The number of hydrogen-bond acceptors (Lipinski definition) is 4. The number of nitrogens with zero attached hydrogens (tertiary/aromatic N) is 3. The van der Waals surface area contributed by atoms with Gasteiger partial charge < -0.3 is 4.57 Å². The molecule has 0 aliphatic rings. The number of rotatable bonds is 6. The molecule has 0 atom stereocenters. The first-order valence-corrected chi connectivity index (χ1v) is 8.80. The molecule has 0 bridgehead atoms. The Bertz CT molecular complexity index is 987. The van der Waals surface area contributed by atoms with Gasteiger partial charge in [0.2, 0.25) is 0 Å². The summed E-state index contributed by atoms with van der Waals surface area (Å²) in [7, 11) is 0. The van der Waals surface area contributed by atoms with Crippen molar-refractivity contribution < 1.29 is 9.92 Å². The molecule has 138 valence electrons. The van der Waals surface area contributed by atoms with Gasteiger partial charge in [0.1, 0.15) is 5.76 Å². The number of aromatic nitrogens is 2. The van der Waals surface area contributed by atoms with E-state index < -0.39 is 5.09 Å². The van der Waals surface area contributed by atoms with Gasteiger partial charge in [-0.05, 0) is 24.3 Å². The molecular formula is C18H12Cl3N3O3. The molecule has 2 aromatic carbocycles. The van der Waals surface area contributed by atoms with Crippen LogP contribution in [0.2, 0.25) is 15.1 Å². The summed E-state index contributed by atoms with van der Waals surface area (Å²) in [5, 5.41) is 11.6. The van der Waals surface area contributed by atoms with Gasteiger partial charge in [0.25, 0.3) is 5.09 Å². The number of benzene rings is 2. The SMILES string of the molecule is O=[N+]([O-])O/C(=C(\Cn1ccnc1)c1ccc(Cl)cc1Cl)c1ccc(Cl)cc1. The van der Waals surface area contributed by atoms with Crippen LogP contribution in [-0.2, 0) is 11.4 Å². The highest BCUT2D eigenvalue weighted by molar-refractivity contribution is 6.36. The molecule has 0 N–H and O–H groups in total. The fourth-order valence-corrected chi connectivity index (χ4v) is 3.18. The topological polar surface area (TPSA) is 70.2 Å². The molecule has 0 unspecified atom stereocenters. The van der Waals surface area contributed by atoms with Gasteiger partial charge in [0.15, 0.2) is 0 Å². The Balaban J connectivity index is 2.24. The van der Waals surface area contributed by atoms with E-state index in [1.807, 2.05) is 0 Å². The molecule has 0 amide bonds. The molecule has 0 spiro atoms. The summed E-state index contributed by atoms with van der Waals surface area (Å²) in [5.74, 6) is 0.0505. The lowest BCUT2D eigenvalue weighted by atomic mass is 10.0. The van der Waals surface area contributed by atoms with E-state index in [-0.39, 0.29) is 12.3 Å². The largest absolute Gasteiger partial charge is 0.333 e. The van der Waals surface area contributed by atoms with E-state index in [1.165, 1.54) is 0 Å². The second kappa shape index (κ2) is 8.43. The van der Waals surface area contributed by atoms with Crippen LogP contribution < -0.4 is 0 Å². The van der Waals surface area contributed by atoms with Crippen molar-refractivity contribution in [2.45, 2.75) is 6.54 Å². The van der Waals surface area contributed by atoms with Crippen LogP contribution in [0.4, 0.5) is 0 Å². The van der Waals surface area contributed by atoms with Crippen LogP contribution in [0, 0.1) is 10.1 Å². The van der Waals surface area contributed by atoms with Crippen molar-refractivity contribution in [2.75, 3.05) is 0 Å². The zero-order valence-electron chi connectivity index (χ0n) is 13.7. The van der Waals surface area contributed by atoms with Crippen molar-refractivity contribution in [3.63, 3.8) is 0 Å². The van der Waals surface area contributed by atoms with E-state index >= 15 is 0 Å². The summed E-state index contributed by atoms with van der Waals surface area (Å²) in [5.41, 5.74) is 1.53. The normalized spacial score (nSPS) is 11.8. The lowest BCUT2D eigenvalue weighted by Crippen LogP contribution is -2.07. The zero-order valence-corrected chi connectivity index (χ0v) is 15.9. The first-order valence-electron chi connectivity index (χ1n) is 7.66. The third-order valence-corrected chi connectivity index (χ3v) is 4.50. The molecule has 3 aromatic rings. The molecule has 1 aromatic heterocycles. The molecule has 9 heteroatoms. The van der Waals surface area contributed by atoms with Gasteiger partial charge in [-0.2, -0.15) is 0 Å². The minimum Gasteiger partial charge on any atom is -0.333 e. The zero-order chi connectivity index (χ0) is 19.4. The van der Waals surface area contributed by atoms with Gasteiger partial charge in [-0.25, -0.2) is 4.98 Å². The van der Waals surface area contributed by atoms with Crippen molar-refractivity contribution in [3.05, 3.63) is 97.5 Å². The van der Waals surface area contributed by atoms with E-state index in [4.69, 9.17) is 39.6 Å². The minimum absolute atomic E-state index is 0.0505. The number of allylic oxidation sites excluding steroid dienone is 1. The molecule has 0 radical (unpaired) electrons. The molecule has 27 heavy (non-hydrogen) atoms. The highest BCUT2D eigenvalue weighted by Gasteiger charge is 2.19. The average Bonchev–Trinajstić information content (AvgIpc) is 3.12. The maximum Gasteiger partial charge on any atom is 0.299 e. The van der Waals surface area contributed by atoms with Crippen molar-refractivity contribution in [1.29, 1.82) is 0 Å². The molecule has 0 saturated heterocycles. The molecule has 0 fully saturated rings. The summed E-state index contributed by atoms with van der Waals surface area (Å²) in [6, 6.07) is 11.4. The Kier molecular flexibility index (Phi) is 6.01. The van der Waals surface area contributed by atoms with Gasteiger partial charge in [0.05, 0.1) is 12.9 Å². The third kappa shape index (κ3) is 4.80. The van der Waals surface area contributed by atoms with Crippen LogP contribution >= 0.6 is 34.8 Å². The predicted molar refractivity (Wildman–Crippen MR) is 105 cm³/mol. The Morgan fingerprint density at radius 1 is 1.11 bits per heavy atom. The van der Waals surface area contributed by atoms with Crippen LogP contribution in [0.25, 0.3) is 11.3 Å². The van der Waals surface area contributed by atoms with Crippen LogP contribution in [0.3, 0.4) is 0 Å². The second-order valence-corrected chi connectivity index (χ2v) is 6.77. The summed E-state index contributed by atoms with van der Waals surface area (Å²) < 4.78 is 1.75. The Morgan fingerprint density at radius 3 is 2.41 bits per heavy atom. The number of imidazole rings is 1. The fourth-order valence-electron chi connectivity index (χ4n) is 2.53. The van der Waals surface area contributed by atoms with E-state index in [9.17, 15) is 10.1 Å². The Hall–Kier alpha value is -2.54. The molecule has 0 aliphatic carbocycles. The Labute approximate surface area is 169 Å². The van der Waals surface area contributed by atoms with E-state index in [0.29, 0.717) is 31.8 Å². The van der Waals surface area contributed by atoms with E-state index in [1.54, 1.807) is 65.8 Å². The highest BCUT2D eigenvalue weighted by Crippen LogP contribution is 2.34. The van der Waals surface area contributed by atoms with Crippen LogP contribution in [0.1, 0.15) is 11.1 Å². The van der Waals surface area contributed by atoms with Crippen LogP contribution in [-0.4, -0.2) is 14.6 Å².